The number of nitrogens with zero attached hydrogens (tertiary/aromatic N) is 4. The number of likely N-dealkylation sites (tertiary alicyclic amines) is 1. The van der Waals surface area contributed by atoms with Crippen LogP contribution in [-0.4, -0.2) is 37.3 Å². The van der Waals surface area contributed by atoms with E-state index in [0.29, 0.717) is 29.1 Å². The van der Waals surface area contributed by atoms with Crippen molar-refractivity contribution in [3.63, 3.8) is 0 Å². The SMILES string of the molecule is Nc1nc2c(c(C(=O)N3CCCC3c3nc4ccc(F)cc4[nH]3)n1)CCCC2. The molecule has 7 nitrogen and oxygen atoms in total. The number of hydrogen-bond donors (Lipinski definition) is 2. The molecule has 144 valence electrons. The molecule has 1 fully saturated rings. The molecule has 1 aliphatic heterocycles. The van der Waals surface area contributed by atoms with Crippen LogP contribution in [-0.2, 0) is 12.8 Å². The molecule has 3 N–H and O–H groups in total. The van der Waals surface area contributed by atoms with Gasteiger partial charge in [0.15, 0.2) is 0 Å². The number of aryl methyl sites for hydroxylation is 1. The second-order valence-electron chi connectivity index (χ2n) is 7.50. The molecule has 0 bridgehead atoms. The third-order valence-corrected chi connectivity index (χ3v) is 5.69. The van der Waals surface area contributed by atoms with Crippen molar-refractivity contribution in [2.75, 3.05) is 12.3 Å². The van der Waals surface area contributed by atoms with Crippen molar-refractivity contribution in [2.24, 2.45) is 0 Å². The summed E-state index contributed by atoms with van der Waals surface area (Å²) in [5, 5.41) is 0. The summed E-state index contributed by atoms with van der Waals surface area (Å²) in [5.74, 6) is 0.396. The number of imidazole rings is 1. The number of nitrogen functional groups attached to an aromatic ring is 1. The van der Waals surface area contributed by atoms with Gasteiger partial charge in [-0.3, -0.25) is 4.79 Å². The molecule has 28 heavy (non-hydrogen) atoms. The van der Waals surface area contributed by atoms with Crippen LogP contribution >= 0.6 is 0 Å². The van der Waals surface area contributed by atoms with Crippen LogP contribution in [0.5, 0.6) is 0 Å². The van der Waals surface area contributed by atoms with Gasteiger partial charge in [-0.15, -0.1) is 0 Å². The highest BCUT2D eigenvalue weighted by Crippen LogP contribution is 2.34. The van der Waals surface area contributed by atoms with E-state index < -0.39 is 0 Å². The Morgan fingerprint density at radius 1 is 1.18 bits per heavy atom. The number of nitrogens with two attached hydrogens (primary N) is 1. The van der Waals surface area contributed by atoms with Crippen molar-refractivity contribution in [1.29, 1.82) is 0 Å². The van der Waals surface area contributed by atoms with E-state index in [0.717, 1.165) is 49.8 Å². The Balaban J connectivity index is 1.51. The maximum Gasteiger partial charge on any atom is 0.273 e. The quantitative estimate of drug-likeness (QED) is 0.712. The van der Waals surface area contributed by atoms with Crippen LogP contribution < -0.4 is 5.73 Å². The lowest BCUT2D eigenvalue weighted by Gasteiger charge is -2.25. The summed E-state index contributed by atoms with van der Waals surface area (Å²) in [6.07, 6.45) is 5.40. The highest BCUT2D eigenvalue weighted by atomic mass is 19.1. The van der Waals surface area contributed by atoms with E-state index in [-0.39, 0.29) is 23.7 Å². The first-order valence-electron chi connectivity index (χ1n) is 9.71. The number of benzene rings is 1. The summed E-state index contributed by atoms with van der Waals surface area (Å²) >= 11 is 0. The normalized spacial score (nSPS) is 19.2. The fraction of sp³-hybridized carbons (Fsp3) is 0.400. The molecule has 2 aromatic heterocycles. The molecule has 1 amide bonds. The molecule has 1 unspecified atom stereocenters. The number of rotatable bonds is 2. The first kappa shape index (κ1) is 17.1. The third-order valence-electron chi connectivity index (χ3n) is 5.69. The summed E-state index contributed by atoms with van der Waals surface area (Å²) in [6.45, 7) is 0.633. The average Bonchev–Trinajstić information content (AvgIpc) is 3.33. The fourth-order valence-electron chi connectivity index (χ4n) is 4.38. The minimum atomic E-state index is -0.315. The Hall–Kier alpha value is -3.03. The molecule has 1 atom stereocenters. The molecule has 1 saturated heterocycles. The van der Waals surface area contributed by atoms with Gasteiger partial charge in [-0.25, -0.2) is 19.3 Å². The van der Waals surface area contributed by atoms with Crippen molar-refractivity contribution < 1.29 is 9.18 Å². The molecule has 1 aliphatic carbocycles. The molecular weight excluding hydrogens is 359 g/mol. The van der Waals surface area contributed by atoms with E-state index in [2.05, 4.69) is 19.9 Å². The molecular formula is C20H21FN6O. The lowest BCUT2D eigenvalue weighted by molar-refractivity contribution is 0.0723. The number of aromatic nitrogens is 4. The van der Waals surface area contributed by atoms with Crippen molar-refractivity contribution in [1.82, 2.24) is 24.8 Å². The monoisotopic (exact) mass is 380 g/mol. The molecule has 0 radical (unpaired) electrons. The molecule has 5 rings (SSSR count). The summed E-state index contributed by atoms with van der Waals surface area (Å²) < 4.78 is 13.5. The number of anilines is 1. The maximum atomic E-state index is 13.5. The number of hydrogen-bond acceptors (Lipinski definition) is 5. The van der Waals surface area contributed by atoms with E-state index in [1.54, 1.807) is 6.07 Å². The van der Waals surface area contributed by atoms with Crippen molar-refractivity contribution in [2.45, 2.75) is 44.6 Å². The van der Waals surface area contributed by atoms with Crippen molar-refractivity contribution in [3.05, 3.63) is 46.8 Å². The molecule has 8 heteroatoms. The maximum absolute atomic E-state index is 13.5. The molecule has 0 spiro atoms. The van der Waals surface area contributed by atoms with E-state index in [1.165, 1.54) is 12.1 Å². The zero-order valence-corrected chi connectivity index (χ0v) is 15.4. The van der Waals surface area contributed by atoms with Crippen LogP contribution in [0.1, 0.15) is 59.3 Å². The first-order chi connectivity index (χ1) is 13.6. The Morgan fingerprint density at radius 3 is 2.93 bits per heavy atom. The van der Waals surface area contributed by atoms with Gasteiger partial charge in [0.2, 0.25) is 5.95 Å². The van der Waals surface area contributed by atoms with Gasteiger partial charge < -0.3 is 15.6 Å². The highest BCUT2D eigenvalue weighted by Gasteiger charge is 2.35. The van der Waals surface area contributed by atoms with Gasteiger partial charge in [0, 0.05) is 17.8 Å². The Labute approximate surface area is 161 Å². The van der Waals surface area contributed by atoms with Crippen molar-refractivity contribution in [3.8, 4) is 0 Å². The number of nitrogens with one attached hydrogen (secondary N) is 1. The standard InChI is InChI=1S/C20H21FN6O/c21-11-7-8-14-15(10-11)24-18(23-14)16-6-3-9-27(16)19(28)17-12-4-1-2-5-13(12)25-20(22)26-17/h7-8,10,16H,1-6,9H2,(H,23,24)(H2,22,25,26). The second-order valence-corrected chi connectivity index (χ2v) is 7.50. The highest BCUT2D eigenvalue weighted by molar-refractivity contribution is 5.95. The van der Waals surface area contributed by atoms with Gasteiger partial charge in [-0.05, 0) is 56.7 Å². The minimum absolute atomic E-state index is 0.124. The van der Waals surface area contributed by atoms with E-state index in [9.17, 15) is 9.18 Å². The number of carbonyl (C=O) groups is 1. The molecule has 0 saturated carbocycles. The Morgan fingerprint density at radius 2 is 2.04 bits per heavy atom. The predicted octanol–water partition coefficient (Wildman–Crippen LogP) is 2.93. The molecule has 2 aliphatic rings. The lowest BCUT2D eigenvalue weighted by Crippen LogP contribution is -2.33. The van der Waals surface area contributed by atoms with Crippen LogP contribution in [0.4, 0.5) is 10.3 Å². The Kier molecular flexibility index (Phi) is 3.99. The largest absolute Gasteiger partial charge is 0.368 e. The second kappa shape index (κ2) is 6.54. The lowest BCUT2D eigenvalue weighted by atomic mass is 9.94. The summed E-state index contributed by atoms with van der Waals surface area (Å²) in [4.78, 5) is 31.6. The topological polar surface area (TPSA) is 101 Å². The molecule has 3 heterocycles. The number of aromatic amines is 1. The van der Waals surface area contributed by atoms with Gasteiger partial charge >= 0.3 is 0 Å². The van der Waals surface area contributed by atoms with Gasteiger partial charge in [0.25, 0.3) is 5.91 Å². The van der Waals surface area contributed by atoms with Crippen molar-refractivity contribution >= 4 is 22.9 Å². The molecule has 1 aromatic carbocycles. The number of carbonyl (C=O) groups excluding carboxylic acids is 1. The van der Waals surface area contributed by atoms with Gasteiger partial charge in [-0.2, -0.15) is 0 Å². The van der Waals surface area contributed by atoms with Crippen LogP contribution in [0.2, 0.25) is 0 Å². The van der Waals surface area contributed by atoms with Crippen LogP contribution in [0.25, 0.3) is 11.0 Å². The predicted molar refractivity (Wildman–Crippen MR) is 102 cm³/mol. The smallest absolute Gasteiger partial charge is 0.273 e. The minimum Gasteiger partial charge on any atom is -0.368 e. The summed E-state index contributed by atoms with van der Waals surface area (Å²) in [7, 11) is 0. The van der Waals surface area contributed by atoms with E-state index in [4.69, 9.17) is 5.73 Å². The zero-order chi connectivity index (χ0) is 19.3. The third kappa shape index (κ3) is 2.80. The molecule has 3 aromatic rings. The fourth-order valence-corrected chi connectivity index (χ4v) is 4.38. The number of halogens is 1. The Bertz CT molecular complexity index is 1080. The van der Waals surface area contributed by atoms with Gasteiger partial charge in [0.05, 0.1) is 17.1 Å². The zero-order valence-electron chi connectivity index (χ0n) is 15.4. The number of amides is 1. The first-order valence-corrected chi connectivity index (χ1v) is 9.71. The van der Waals surface area contributed by atoms with Crippen LogP contribution in [0.3, 0.4) is 0 Å². The average molecular weight is 380 g/mol. The van der Waals surface area contributed by atoms with Gasteiger partial charge in [-0.1, -0.05) is 0 Å². The van der Waals surface area contributed by atoms with Crippen LogP contribution in [0.15, 0.2) is 18.2 Å². The summed E-state index contributed by atoms with van der Waals surface area (Å²) in [6, 6.07) is 4.28. The van der Waals surface area contributed by atoms with E-state index in [1.807, 2.05) is 4.90 Å². The summed E-state index contributed by atoms with van der Waals surface area (Å²) in [5.41, 5.74) is 9.47. The number of H-pyrrole nitrogens is 1. The number of fused-ring (bicyclic) bond motifs is 2. The van der Waals surface area contributed by atoms with Crippen LogP contribution in [0, 0.1) is 5.82 Å². The van der Waals surface area contributed by atoms with E-state index >= 15 is 0 Å². The van der Waals surface area contributed by atoms with Gasteiger partial charge in [0.1, 0.15) is 17.3 Å².